The Morgan fingerprint density at radius 2 is 1.82 bits per heavy atom. The zero-order valence-electron chi connectivity index (χ0n) is 11.4. The summed E-state index contributed by atoms with van der Waals surface area (Å²) in [6.07, 6.45) is 8.05. The Labute approximate surface area is 106 Å². The Kier molecular flexibility index (Phi) is 5.96. The van der Waals surface area contributed by atoms with Gasteiger partial charge in [-0.3, -0.25) is 4.79 Å². The molecule has 0 heterocycles. The molecule has 0 unspecified atom stereocenters. The fraction of sp³-hybridized carbons (Fsp3) is 0.929. The lowest BCUT2D eigenvalue weighted by Crippen LogP contribution is -2.45. The van der Waals surface area contributed by atoms with Gasteiger partial charge in [-0.1, -0.05) is 33.1 Å². The maximum Gasteiger partial charge on any atom is 0.223 e. The van der Waals surface area contributed by atoms with E-state index in [1.54, 1.807) is 0 Å². The highest BCUT2D eigenvalue weighted by Crippen LogP contribution is 2.34. The normalized spacial score (nSPS) is 19.3. The number of hydrogen-bond acceptors (Lipinski definition) is 2. The van der Waals surface area contributed by atoms with Gasteiger partial charge in [-0.25, -0.2) is 0 Å². The van der Waals surface area contributed by atoms with Crippen molar-refractivity contribution in [3.05, 3.63) is 0 Å². The molecule has 0 saturated heterocycles. The van der Waals surface area contributed by atoms with Crippen LogP contribution in [0.5, 0.6) is 0 Å². The van der Waals surface area contributed by atoms with E-state index in [0.717, 1.165) is 19.4 Å². The Hall–Kier alpha value is -0.570. The first-order chi connectivity index (χ1) is 8.17. The minimum atomic E-state index is 0.174. The van der Waals surface area contributed by atoms with Crippen molar-refractivity contribution in [1.82, 2.24) is 5.32 Å². The fourth-order valence-corrected chi connectivity index (χ4v) is 2.83. The predicted octanol–water partition coefficient (Wildman–Crippen LogP) is 2.45. The van der Waals surface area contributed by atoms with Gasteiger partial charge in [0.2, 0.25) is 5.91 Å². The van der Waals surface area contributed by atoms with E-state index in [1.165, 1.54) is 32.1 Å². The second-order valence-electron chi connectivity index (χ2n) is 5.50. The van der Waals surface area contributed by atoms with Gasteiger partial charge >= 0.3 is 0 Å². The van der Waals surface area contributed by atoms with Gasteiger partial charge in [0.15, 0.2) is 0 Å². The summed E-state index contributed by atoms with van der Waals surface area (Å²) in [4.78, 5) is 12.0. The number of nitrogens with one attached hydrogen (secondary N) is 1. The van der Waals surface area contributed by atoms with E-state index in [1.807, 2.05) is 0 Å². The zero-order valence-corrected chi connectivity index (χ0v) is 11.4. The SMILES string of the molecule is CCC(CC)C(=O)NCC1(CN)CCCCC1. The van der Waals surface area contributed by atoms with Crippen molar-refractivity contribution < 1.29 is 4.79 Å². The van der Waals surface area contributed by atoms with Crippen molar-refractivity contribution >= 4 is 5.91 Å². The molecular weight excluding hydrogens is 212 g/mol. The molecular formula is C14H28N2O. The van der Waals surface area contributed by atoms with E-state index in [2.05, 4.69) is 19.2 Å². The number of hydrogen-bond donors (Lipinski definition) is 2. The molecule has 3 heteroatoms. The molecule has 1 aliphatic carbocycles. The molecule has 1 saturated carbocycles. The lowest BCUT2D eigenvalue weighted by Gasteiger charge is -2.36. The van der Waals surface area contributed by atoms with E-state index in [0.29, 0.717) is 6.54 Å². The summed E-state index contributed by atoms with van der Waals surface area (Å²) >= 11 is 0. The predicted molar refractivity (Wildman–Crippen MR) is 71.7 cm³/mol. The molecule has 1 rings (SSSR count). The van der Waals surface area contributed by atoms with Gasteiger partial charge in [0.05, 0.1) is 0 Å². The molecule has 17 heavy (non-hydrogen) atoms. The van der Waals surface area contributed by atoms with Crippen molar-refractivity contribution in [2.75, 3.05) is 13.1 Å². The first kappa shape index (κ1) is 14.5. The summed E-state index contributed by atoms with van der Waals surface area (Å²) in [7, 11) is 0. The quantitative estimate of drug-likeness (QED) is 0.749. The van der Waals surface area contributed by atoms with Crippen LogP contribution in [0.15, 0.2) is 0 Å². The highest BCUT2D eigenvalue weighted by molar-refractivity contribution is 5.78. The third-order valence-corrected chi connectivity index (χ3v) is 4.34. The number of carbonyl (C=O) groups is 1. The summed E-state index contributed by atoms with van der Waals surface area (Å²) in [5, 5.41) is 3.13. The van der Waals surface area contributed by atoms with E-state index in [9.17, 15) is 4.79 Å². The number of amides is 1. The van der Waals surface area contributed by atoms with Crippen molar-refractivity contribution in [3.63, 3.8) is 0 Å². The molecule has 1 amide bonds. The van der Waals surface area contributed by atoms with Crippen LogP contribution in [0.3, 0.4) is 0 Å². The molecule has 1 fully saturated rings. The van der Waals surface area contributed by atoms with Crippen LogP contribution in [0.4, 0.5) is 0 Å². The summed E-state index contributed by atoms with van der Waals surface area (Å²) in [6.45, 7) is 5.63. The molecule has 3 nitrogen and oxygen atoms in total. The first-order valence-corrected chi connectivity index (χ1v) is 7.15. The second-order valence-corrected chi connectivity index (χ2v) is 5.50. The van der Waals surface area contributed by atoms with Crippen molar-refractivity contribution in [1.29, 1.82) is 0 Å². The lowest BCUT2D eigenvalue weighted by atomic mass is 9.74. The maximum atomic E-state index is 12.0. The number of nitrogens with two attached hydrogens (primary N) is 1. The number of rotatable bonds is 6. The van der Waals surface area contributed by atoms with Crippen molar-refractivity contribution in [2.24, 2.45) is 17.1 Å². The van der Waals surface area contributed by atoms with Gasteiger partial charge < -0.3 is 11.1 Å². The molecule has 0 aromatic carbocycles. The number of carbonyl (C=O) groups excluding carboxylic acids is 1. The Bertz CT molecular complexity index is 230. The van der Waals surface area contributed by atoms with Crippen LogP contribution in [0.25, 0.3) is 0 Å². The minimum Gasteiger partial charge on any atom is -0.355 e. The summed E-state index contributed by atoms with van der Waals surface area (Å²) in [5.41, 5.74) is 6.09. The van der Waals surface area contributed by atoms with Gasteiger partial charge in [-0.05, 0) is 37.6 Å². The Balaban J connectivity index is 2.44. The van der Waals surface area contributed by atoms with Crippen molar-refractivity contribution in [2.45, 2.75) is 58.8 Å². The molecule has 0 atom stereocenters. The zero-order chi connectivity index (χ0) is 12.7. The average Bonchev–Trinajstić information content (AvgIpc) is 2.39. The second kappa shape index (κ2) is 7.00. The molecule has 1 aliphatic rings. The topological polar surface area (TPSA) is 55.1 Å². The minimum absolute atomic E-state index is 0.174. The van der Waals surface area contributed by atoms with Crippen LogP contribution in [-0.2, 0) is 4.79 Å². The molecule has 0 spiro atoms. The summed E-state index contributed by atoms with van der Waals surface area (Å²) < 4.78 is 0. The summed E-state index contributed by atoms with van der Waals surface area (Å²) in [5.74, 6) is 0.391. The highest BCUT2D eigenvalue weighted by Gasteiger charge is 2.31. The van der Waals surface area contributed by atoms with Crippen LogP contribution in [0, 0.1) is 11.3 Å². The smallest absolute Gasteiger partial charge is 0.223 e. The Morgan fingerprint density at radius 3 is 2.29 bits per heavy atom. The molecule has 0 aromatic rings. The molecule has 100 valence electrons. The molecule has 0 bridgehead atoms. The van der Waals surface area contributed by atoms with Crippen LogP contribution in [0.2, 0.25) is 0 Å². The molecule has 3 N–H and O–H groups in total. The first-order valence-electron chi connectivity index (χ1n) is 7.15. The third-order valence-electron chi connectivity index (χ3n) is 4.34. The molecule has 0 radical (unpaired) electrons. The van der Waals surface area contributed by atoms with E-state index >= 15 is 0 Å². The van der Waals surface area contributed by atoms with E-state index in [4.69, 9.17) is 5.73 Å². The molecule has 0 aromatic heterocycles. The standard InChI is InChI=1S/C14H28N2O/c1-3-12(4-2)13(17)16-11-14(10-15)8-6-5-7-9-14/h12H,3-11,15H2,1-2H3,(H,16,17). The fourth-order valence-electron chi connectivity index (χ4n) is 2.83. The van der Waals surface area contributed by atoms with Gasteiger partial charge in [-0.2, -0.15) is 0 Å². The van der Waals surface area contributed by atoms with E-state index < -0.39 is 0 Å². The van der Waals surface area contributed by atoms with Crippen LogP contribution >= 0.6 is 0 Å². The van der Waals surface area contributed by atoms with E-state index in [-0.39, 0.29) is 17.2 Å². The van der Waals surface area contributed by atoms with Crippen LogP contribution in [-0.4, -0.2) is 19.0 Å². The maximum absolute atomic E-state index is 12.0. The lowest BCUT2D eigenvalue weighted by molar-refractivity contribution is -0.125. The van der Waals surface area contributed by atoms with Crippen molar-refractivity contribution in [3.8, 4) is 0 Å². The van der Waals surface area contributed by atoms with Gasteiger partial charge in [0, 0.05) is 12.5 Å². The van der Waals surface area contributed by atoms with Gasteiger partial charge in [0.25, 0.3) is 0 Å². The summed E-state index contributed by atoms with van der Waals surface area (Å²) in [6, 6.07) is 0. The van der Waals surface area contributed by atoms with Crippen LogP contribution in [0.1, 0.15) is 58.8 Å². The van der Waals surface area contributed by atoms with Gasteiger partial charge in [0.1, 0.15) is 0 Å². The third kappa shape index (κ3) is 3.98. The van der Waals surface area contributed by atoms with Crippen LogP contribution < -0.4 is 11.1 Å². The largest absolute Gasteiger partial charge is 0.355 e. The van der Waals surface area contributed by atoms with Gasteiger partial charge in [-0.15, -0.1) is 0 Å². The Morgan fingerprint density at radius 1 is 1.24 bits per heavy atom. The average molecular weight is 240 g/mol. The highest BCUT2D eigenvalue weighted by atomic mass is 16.1. The molecule has 0 aliphatic heterocycles. The monoisotopic (exact) mass is 240 g/mol.